The Hall–Kier alpha value is -1.99. The summed E-state index contributed by atoms with van der Waals surface area (Å²) >= 11 is 0. The van der Waals surface area contributed by atoms with E-state index < -0.39 is 6.04 Å². The van der Waals surface area contributed by atoms with Crippen molar-refractivity contribution in [1.29, 1.82) is 0 Å². The molecule has 0 aliphatic heterocycles. The van der Waals surface area contributed by atoms with Crippen LogP contribution in [0.2, 0.25) is 0 Å². The third-order valence-corrected chi connectivity index (χ3v) is 2.52. The van der Waals surface area contributed by atoms with Crippen molar-refractivity contribution in [3.05, 3.63) is 29.8 Å². The molecule has 0 fully saturated rings. The summed E-state index contributed by atoms with van der Waals surface area (Å²) in [6.45, 7) is 0.532. The first-order valence-electron chi connectivity index (χ1n) is 5.77. The lowest BCUT2D eigenvalue weighted by molar-refractivity contribution is -0.122. The summed E-state index contributed by atoms with van der Waals surface area (Å²) in [5, 5.41) is 2.75. The lowest BCUT2D eigenvalue weighted by Crippen LogP contribution is -2.41. The third kappa shape index (κ3) is 4.48. The van der Waals surface area contributed by atoms with Crippen molar-refractivity contribution in [3.63, 3.8) is 0 Å². The second-order valence-electron chi connectivity index (χ2n) is 3.91. The van der Waals surface area contributed by atoms with Crippen molar-refractivity contribution in [2.45, 2.75) is 18.9 Å². The Kier molecular flexibility index (Phi) is 5.75. The lowest BCUT2D eigenvalue weighted by atomic mass is 10.1. The van der Waals surface area contributed by atoms with Gasteiger partial charge < -0.3 is 15.8 Å². The van der Waals surface area contributed by atoms with Crippen molar-refractivity contribution in [3.8, 4) is 18.1 Å². The van der Waals surface area contributed by atoms with Crippen molar-refractivity contribution < 1.29 is 9.53 Å². The Morgan fingerprint density at radius 3 is 3.06 bits per heavy atom. The number of methoxy groups -OCH3 is 1. The van der Waals surface area contributed by atoms with E-state index in [2.05, 4.69) is 11.2 Å². The Morgan fingerprint density at radius 1 is 1.61 bits per heavy atom. The van der Waals surface area contributed by atoms with Gasteiger partial charge in [0, 0.05) is 13.0 Å². The van der Waals surface area contributed by atoms with Gasteiger partial charge in [-0.15, -0.1) is 12.3 Å². The largest absolute Gasteiger partial charge is 0.497 e. The summed E-state index contributed by atoms with van der Waals surface area (Å²) in [5.41, 5.74) is 6.68. The van der Waals surface area contributed by atoms with Gasteiger partial charge in [0.25, 0.3) is 0 Å². The summed E-state index contributed by atoms with van der Waals surface area (Å²) in [4.78, 5) is 11.5. The van der Waals surface area contributed by atoms with Crippen LogP contribution in [0.4, 0.5) is 0 Å². The topological polar surface area (TPSA) is 64.4 Å². The molecule has 0 heterocycles. The van der Waals surface area contributed by atoms with Crippen molar-refractivity contribution >= 4 is 5.91 Å². The molecule has 0 aliphatic carbocycles. The van der Waals surface area contributed by atoms with Gasteiger partial charge in [-0.3, -0.25) is 4.79 Å². The van der Waals surface area contributed by atoms with Crippen LogP contribution in [0.25, 0.3) is 0 Å². The Bertz CT molecular complexity index is 438. The third-order valence-electron chi connectivity index (χ3n) is 2.52. The van der Waals surface area contributed by atoms with E-state index in [0.717, 1.165) is 17.7 Å². The molecule has 0 aromatic heterocycles. The fourth-order valence-electron chi connectivity index (χ4n) is 1.51. The molecule has 4 heteroatoms. The first-order valence-corrected chi connectivity index (χ1v) is 5.77. The molecule has 1 aromatic rings. The number of terminal acetylenes is 1. The predicted molar refractivity (Wildman–Crippen MR) is 71.1 cm³/mol. The van der Waals surface area contributed by atoms with Gasteiger partial charge in [-0.2, -0.15) is 0 Å². The number of amides is 1. The standard InChI is InChI=1S/C14H18N2O2/c1-3-5-13(15)14(17)16-9-8-11-6-4-7-12(10-11)18-2/h1,4,6-7,10,13H,5,8-9,15H2,2H3,(H,16,17). The quantitative estimate of drug-likeness (QED) is 0.726. The predicted octanol–water partition coefficient (Wildman–Crippen LogP) is 0.704. The number of ether oxygens (including phenoxy) is 1. The molecule has 1 unspecified atom stereocenters. The highest BCUT2D eigenvalue weighted by atomic mass is 16.5. The van der Waals surface area contributed by atoms with E-state index in [1.165, 1.54) is 0 Å². The highest BCUT2D eigenvalue weighted by Gasteiger charge is 2.10. The summed E-state index contributed by atoms with van der Waals surface area (Å²) in [7, 11) is 1.62. The number of hydrogen-bond donors (Lipinski definition) is 2. The zero-order valence-corrected chi connectivity index (χ0v) is 10.5. The minimum absolute atomic E-state index is 0.212. The second-order valence-corrected chi connectivity index (χ2v) is 3.91. The van der Waals surface area contributed by atoms with E-state index in [1.807, 2.05) is 24.3 Å². The Labute approximate surface area is 108 Å². The molecule has 4 nitrogen and oxygen atoms in total. The smallest absolute Gasteiger partial charge is 0.237 e. The minimum atomic E-state index is -0.625. The monoisotopic (exact) mass is 246 g/mol. The number of benzene rings is 1. The number of nitrogens with one attached hydrogen (secondary N) is 1. The minimum Gasteiger partial charge on any atom is -0.497 e. The number of nitrogens with two attached hydrogens (primary N) is 1. The molecule has 1 amide bonds. The van der Waals surface area contributed by atoms with Crippen LogP contribution in [0.1, 0.15) is 12.0 Å². The van der Waals surface area contributed by atoms with Gasteiger partial charge in [-0.05, 0) is 24.1 Å². The SMILES string of the molecule is C#CCC(N)C(=O)NCCc1cccc(OC)c1. The molecule has 0 saturated heterocycles. The first kappa shape index (κ1) is 14.1. The molecule has 0 saturated carbocycles. The molecule has 1 aromatic carbocycles. The molecule has 0 spiro atoms. The Balaban J connectivity index is 2.37. The summed E-state index contributed by atoms with van der Waals surface area (Å²) in [5.74, 6) is 2.97. The highest BCUT2D eigenvalue weighted by Crippen LogP contribution is 2.12. The van der Waals surface area contributed by atoms with Gasteiger partial charge in [0.05, 0.1) is 13.2 Å². The van der Waals surface area contributed by atoms with Gasteiger partial charge in [-0.25, -0.2) is 0 Å². The van der Waals surface area contributed by atoms with E-state index in [0.29, 0.717) is 6.54 Å². The van der Waals surface area contributed by atoms with Crippen LogP contribution < -0.4 is 15.8 Å². The average molecular weight is 246 g/mol. The van der Waals surface area contributed by atoms with Crippen molar-refractivity contribution in [2.24, 2.45) is 5.73 Å². The number of carbonyl (C=O) groups excluding carboxylic acids is 1. The van der Waals surface area contributed by atoms with E-state index in [-0.39, 0.29) is 12.3 Å². The van der Waals surface area contributed by atoms with Crippen LogP contribution in [-0.4, -0.2) is 25.6 Å². The molecule has 96 valence electrons. The van der Waals surface area contributed by atoms with Crippen LogP contribution >= 0.6 is 0 Å². The fourth-order valence-corrected chi connectivity index (χ4v) is 1.51. The maximum absolute atomic E-state index is 11.5. The van der Waals surface area contributed by atoms with Crippen molar-refractivity contribution in [2.75, 3.05) is 13.7 Å². The highest BCUT2D eigenvalue weighted by molar-refractivity contribution is 5.81. The van der Waals surface area contributed by atoms with Gasteiger partial charge in [0.1, 0.15) is 5.75 Å². The van der Waals surface area contributed by atoms with Crippen LogP contribution in [0.3, 0.4) is 0 Å². The van der Waals surface area contributed by atoms with Crippen LogP contribution in [0, 0.1) is 12.3 Å². The van der Waals surface area contributed by atoms with Gasteiger partial charge in [-0.1, -0.05) is 12.1 Å². The molecule has 0 aliphatic rings. The van der Waals surface area contributed by atoms with Crippen LogP contribution in [-0.2, 0) is 11.2 Å². The van der Waals surface area contributed by atoms with Gasteiger partial charge in [0.15, 0.2) is 0 Å². The number of hydrogen-bond acceptors (Lipinski definition) is 3. The van der Waals surface area contributed by atoms with Crippen LogP contribution in [0.15, 0.2) is 24.3 Å². The average Bonchev–Trinajstić information content (AvgIpc) is 2.39. The lowest BCUT2D eigenvalue weighted by Gasteiger charge is -2.10. The van der Waals surface area contributed by atoms with E-state index in [9.17, 15) is 4.79 Å². The molecular formula is C14H18N2O2. The molecule has 3 N–H and O–H groups in total. The van der Waals surface area contributed by atoms with Gasteiger partial charge in [0.2, 0.25) is 5.91 Å². The second kappa shape index (κ2) is 7.36. The van der Waals surface area contributed by atoms with E-state index >= 15 is 0 Å². The molecule has 1 rings (SSSR count). The normalized spacial score (nSPS) is 11.4. The zero-order valence-electron chi connectivity index (χ0n) is 10.5. The van der Waals surface area contributed by atoms with Crippen molar-refractivity contribution in [1.82, 2.24) is 5.32 Å². The fraction of sp³-hybridized carbons (Fsp3) is 0.357. The molecular weight excluding hydrogens is 228 g/mol. The first-order chi connectivity index (χ1) is 8.67. The van der Waals surface area contributed by atoms with Crippen LogP contribution in [0.5, 0.6) is 5.75 Å². The molecule has 18 heavy (non-hydrogen) atoms. The van der Waals surface area contributed by atoms with E-state index in [4.69, 9.17) is 16.9 Å². The zero-order chi connectivity index (χ0) is 13.4. The summed E-state index contributed by atoms with van der Waals surface area (Å²) < 4.78 is 5.12. The number of carbonyl (C=O) groups is 1. The summed E-state index contributed by atoms with van der Waals surface area (Å²) in [6.07, 6.45) is 6.08. The van der Waals surface area contributed by atoms with Gasteiger partial charge >= 0.3 is 0 Å². The molecule has 0 bridgehead atoms. The number of rotatable bonds is 6. The maximum atomic E-state index is 11.5. The molecule has 0 radical (unpaired) electrons. The van der Waals surface area contributed by atoms with E-state index in [1.54, 1.807) is 7.11 Å². The maximum Gasteiger partial charge on any atom is 0.237 e. The summed E-state index contributed by atoms with van der Waals surface area (Å²) in [6, 6.07) is 7.09. The molecule has 1 atom stereocenters. The Morgan fingerprint density at radius 2 is 2.39 bits per heavy atom.